The van der Waals surface area contributed by atoms with E-state index in [0.29, 0.717) is 0 Å². The van der Waals surface area contributed by atoms with Crippen LogP contribution < -0.4 is 0 Å². The maximum absolute atomic E-state index is 3.07. The summed E-state index contributed by atoms with van der Waals surface area (Å²) in [5, 5.41) is 0. The van der Waals surface area contributed by atoms with Gasteiger partial charge in [0.05, 0.1) is 0 Å². The fourth-order valence-electron chi connectivity index (χ4n) is 0.819. The van der Waals surface area contributed by atoms with Gasteiger partial charge < -0.3 is 0 Å². The van der Waals surface area contributed by atoms with Crippen LogP contribution in [-0.2, 0) is 0 Å². The summed E-state index contributed by atoms with van der Waals surface area (Å²) in [5.41, 5.74) is 4.04. The summed E-state index contributed by atoms with van der Waals surface area (Å²) in [7, 11) is 0. The number of aryl methyl sites for hydroxylation is 2. The third-order valence-electron chi connectivity index (χ3n) is 1.78. The zero-order valence-electron chi connectivity index (χ0n) is 6.15. The number of benzene rings is 1. The van der Waals surface area contributed by atoms with Crippen molar-refractivity contribution >= 4 is 18.9 Å². The van der Waals surface area contributed by atoms with Crippen LogP contribution in [0.25, 0.3) is 0 Å². The van der Waals surface area contributed by atoms with Gasteiger partial charge in [-0.1, -0.05) is 12.1 Å². The van der Waals surface area contributed by atoms with Crippen molar-refractivity contribution in [3.05, 3.63) is 34.9 Å². The zero-order chi connectivity index (χ0) is 6.85. The van der Waals surface area contributed by atoms with Crippen LogP contribution in [0.3, 0.4) is 0 Å². The van der Waals surface area contributed by atoms with Crippen LogP contribution in [0.2, 0.25) is 0 Å². The second kappa shape index (κ2) is 3.86. The predicted molar refractivity (Wildman–Crippen MR) is 46.6 cm³/mol. The molecule has 0 saturated heterocycles. The first-order valence-electron chi connectivity index (χ1n) is 3.15. The average molecular weight is 127 g/mol. The van der Waals surface area contributed by atoms with E-state index in [4.69, 9.17) is 0 Å². The van der Waals surface area contributed by atoms with E-state index in [1.54, 1.807) is 0 Å². The maximum atomic E-state index is 3.07. The van der Waals surface area contributed by atoms with Gasteiger partial charge in [-0.15, -0.1) is 0 Å². The van der Waals surface area contributed by atoms with Gasteiger partial charge >= 0.3 is 18.9 Å². The normalized spacial score (nSPS) is 8.70. The monoisotopic (exact) mass is 127 g/mol. The number of hydrogen-bond acceptors (Lipinski definition) is 0. The molecule has 0 spiro atoms. The Kier molecular flexibility index (Phi) is 3.79. The molecule has 49 valence electrons. The molecule has 0 aliphatic heterocycles. The summed E-state index contributed by atoms with van der Waals surface area (Å²) < 4.78 is 0. The summed E-state index contributed by atoms with van der Waals surface area (Å²) in [6, 6.07) is 7.10. The molecule has 0 amide bonds. The molecule has 0 aliphatic carbocycles. The van der Waals surface area contributed by atoms with Crippen molar-refractivity contribution in [2.75, 3.05) is 0 Å². The molecule has 1 aromatic rings. The summed E-state index contributed by atoms with van der Waals surface area (Å²) in [4.78, 5) is 0. The van der Waals surface area contributed by atoms with Gasteiger partial charge in [-0.25, -0.2) is 0 Å². The van der Waals surface area contributed by atoms with Gasteiger partial charge in [0.25, 0.3) is 0 Å². The third-order valence-corrected chi connectivity index (χ3v) is 1.78. The van der Waals surface area contributed by atoms with Crippen LogP contribution in [-0.4, -0.2) is 18.9 Å². The SMILES string of the molecule is Cc1c[c]cc(C)c1C.[LiH]. The van der Waals surface area contributed by atoms with E-state index >= 15 is 0 Å². The topological polar surface area (TPSA) is 0 Å². The van der Waals surface area contributed by atoms with E-state index in [1.165, 1.54) is 16.7 Å². The first-order valence-corrected chi connectivity index (χ1v) is 3.15. The molecule has 1 heteroatoms. The van der Waals surface area contributed by atoms with Gasteiger partial charge in [0.1, 0.15) is 0 Å². The van der Waals surface area contributed by atoms with E-state index in [-0.39, 0.29) is 18.9 Å². The quantitative estimate of drug-likeness (QED) is 0.466. The summed E-state index contributed by atoms with van der Waals surface area (Å²) in [5.74, 6) is 0. The van der Waals surface area contributed by atoms with Crippen LogP contribution in [0.15, 0.2) is 12.1 Å². The summed E-state index contributed by atoms with van der Waals surface area (Å²) in [6.45, 7) is 6.36. The van der Waals surface area contributed by atoms with Gasteiger partial charge in [-0.05, 0) is 43.5 Å². The number of hydrogen-bond donors (Lipinski definition) is 0. The molecule has 1 radical (unpaired) electrons. The molecule has 0 atom stereocenters. The molecule has 1 aromatic carbocycles. The van der Waals surface area contributed by atoms with Crippen LogP contribution in [0.1, 0.15) is 16.7 Å². The predicted octanol–water partition coefficient (Wildman–Crippen LogP) is 1.76. The van der Waals surface area contributed by atoms with Gasteiger partial charge in [0, 0.05) is 0 Å². The minimum atomic E-state index is 0. The second-order valence-electron chi connectivity index (χ2n) is 2.45. The molecule has 10 heavy (non-hydrogen) atoms. The Morgan fingerprint density at radius 3 is 1.70 bits per heavy atom. The zero-order valence-corrected chi connectivity index (χ0v) is 6.15. The molecule has 0 heterocycles. The molecule has 0 nitrogen and oxygen atoms in total. The van der Waals surface area contributed by atoms with E-state index in [9.17, 15) is 0 Å². The molecule has 1 rings (SSSR count). The van der Waals surface area contributed by atoms with E-state index < -0.39 is 0 Å². The van der Waals surface area contributed by atoms with Crippen molar-refractivity contribution in [2.45, 2.75) is 20.8 Å². The van der Waals surface area contributed by atoms with E-state index in [0.717, 1.165) is 0 Å². The Hall–Kier alpha value is -0.183. The molecule has 0 unspecified atom stereocenters. The van der Waals surface area contributed by atoms with Gasteiger partial charge in [0.15, 0.2) is 0 Å². The molecule has 0 aliphatic rings. The molecular weight excluding hydrogens is 115 g/mol. The molecule has 0 N–H and O–H groups in total. The van der Waals surface area contributed by atoms with Crippen LogP contribution in [0, 0.1) is 26.8 Å². The van der Waals surface area contributed by atoms with E-state index in [2.05, 4.69) is 26.8 Å². The van der Waals surface area contributed by atoms with Crippen molar-refractivity contribution in [3.8, 4) is 0 Å². The second-order valence-corrected chi connectivity index (χ2v) is 2.45. The molecule has 0 saturated carbocycles. The molecule has 0 bridgehead atoms. The Balaban J connectivity index is 0.000000810. The Bertz CT molecular complexity index is 196. The van der Waals surface area contributed by atoms with Crippen molar-refractivity contribution in [2.24, 2.45) is 0 Å². The fourth-order valence-corrected chi connectivity index (χ4v) is 0.819. The molecular formula is C9H12Li. The first-order chi connectivity index (χ1) is 4.22. The number of rotatable bonds is 0. The van der Waals surface area contributed by atoms with E-state index in [1.807, 2.05) is 12.1 Å². The average Bonchev–Trinajstić information content (AvgIpc) is 1.83. The molecule has 0 fully saturated rings. The Morgan fingerprint density at radius 1 is 1.00 bits per heavy atom. The van der Waals surface area contributed by atoms with Crippen molar-refractivity contribution < 1.29 is 0 Å². The first kappa shape index (κ1) is 9.82. The van der Waals surface area contributed by atoms with Crippen molar-refractivity contribution in [3.63, 3.8) is 0 Å². The van der Waals surface area contributed by atoms with Crippen LogP contribution >= 0.6 is 0 Å². The third kappa shape index (κ3) is 1.90. The summed E-state index contributed by atoms with van der Waals surface area (Å²) >= 11 is 0. The van der Waals surface area contributed by atoms with Gasteiger partial charge in [-0.2, -0.15) is 0 Å². The van der Waals surface area contributed by atoms with Gasteiger partial charge in [0.2, 0.25) is 0 Å². The van der Waals surface area contributed by atoms with Gasteiger partial charge in [-0.3, -0.25) is 0 Å². The van der Waals surface area contributed by atoms with Crippen LogP contribution in [0.4, 0.5) is 0 Å². The fraction of sp³-hybridized carbons (Fsp3) is 0.333. The molecule has 0 aromatic heterocycles. The van der Waals surface area contributed by atoms with Crippen molar-refractivity contribution in [1.29, 1.82) is 0 Å². The van der Waals surface area contributed by atoms with Crippen LogP contribution in [0.5, 0.6) is 0 Å². The Morgan fingerprint density at radius 2 is 1.40 bits per heavy atom. The Labute approximate surface area is 74.8 Å². The van der Waals surface area contributed by atoms with Crippen molar-refractivity contribution in [1.82, 2.24) is 0 Å². The minimum absolute atomic E-state index is 0. The standard InChI is InChI=1S/C9H11.Li.H/c1-7-5-4-6-8(2)9(7)3;;/h5-6H,1-3H3;;. The summed E-state index contributed by atoms with van der Waals surface area (Å²) in [6.07, 6.45) is 0.